The van der Waals surface area contributed by atoms with Crippen molar-refractivity contribution in [3.8, 4) is 17.0 Å². The van der Waals surface area contributed by atoms with E-state index in [-0.39, 0.29) is 28.9 Å². The van der Waals surface area contributed by atoms with Crippen LogP contribution in [-0.4, -0.2) is 52.1 Å². The number of phenols is 1. The van der Waals surface area contributed by atoms with Gasteiger partial charge in [-0.1, -0.05) is 43.3 Å². The molecule has 2 aromatic carbocycles. The van der Waals surface area contributed by atoms with Crippen molar-refractivity contribution in [3.05, 3.63) is 70.9 Å². The number of para-hydroxylation sites is 1. The zero-order valence-electron chi connectivity index (χ0n) is 18.2. The van der Waals surface area contributed by atoms with E-state index in [1.807, 2.05) is 30.3 Å². The second-order valence-electron chi connectivity index (χ2n) is 8.30. The number of hydrogen-bond donors (Lipinski definition) is 2. The van der Waals surface area contributed by atoms with Gasteiger partial charge in [0.1, 0.15) is 11.4 Å². The summed E-state index contributed by atoms with van der Waals surface area (Å²) in [6, 6.07) is 14.6. The van der Waals surface area contributed by atoms with Crippen molar-refractivity contribution in [1.29, 1.82) is 0 Å². The molecule has 7 nitrogen and oxygen atoms in total. The molecule has 1 saturated heterocycles. The summed E-state index contributed by atoms with van der Waals surface area (Å²) >= 11 is 0. The predicted octanol–water partition coefficient (Wildman–Crippen LogP) is 3.48. The molecule has 0 spiro atoms. The van der Waals surface area contributed by atoms with E-state index in [0.29, 0.717) is 29.8 Å². The molecule has 1 aromatic heterocycles. The maximum absolute atomic E-state index is 13.5. The van der Waals surface area contributed by atoms with Gasteiger partial charge in [0.25, 0.3) is 5.91 Å². The average molecular weight is 454 g/mol. The fourth-order valence-corrected chi connectivity index (χ4v) is 5.79. The Bertz CT molecular complexity index is 1230. The highest BCUT2D eigenvalue weighted by Gasteiger charge is 2.35. The molecule has 2 heterocycles. The second-order valence-corrected chi connectivity index (χ2v) is 10.5. The van der Waals surface area contributed by atoms with Crippen LogP contribution in [0.25, 0.3) is 11.3 Å². The molecule has 0 radical (unpaired) electrons. The summed E-state index contributed by atoms with van der Waals surface area (Å²) in [5.41, 5.74) is 4.11. The molecule has 168 valence electrons. The first-order valence-corrected chi connectivity index (χ1v) is 12.5. The summed E-state index contributed by atoms with van der Waals surface area (Å²) < 4.78 is 24.2. The molecule has 1 amide bonds. The molecule has 1 atom stereocenters. The lowest BCUT2D eigenvalue weighted by Gasteiger charge is -2.28. The Labute approximate surface area is 188 Å². The highest BCUT2D eigenvalue weighted by Crippen LogP contribution is 2.31. The molecule has 0 bridgehead atoms. The number of nitrogens with zero attached hydrogens (tertiary/aromatic N) is 2. The maximum Gasteiger partial charge on any atom is 0.272 e. The summed E-state index contributed by atoms with van der Waals surface area (Å²) in [5.74, 6) is -0.141. The van der Waals surface area contributed by atoms with Crippen LogP contribution in [0.1, 0.15) is 40.5 Å². The average Bonchev–Trinajstić information content (AvgIpc) is 3.40. The number of carbonyl (C=O) groups excluding carboxylic acids is 1. The predicted molar refractivity (Wildman–Crippen MR) is 123 cm³/mol. The van der Waals surface area contributed by atoms with Crippen LogP contribution >= 0.6 is 0 Å². The van der Waals surface area contributed by atoms with Crippen LogP contribution < -0.4 is 0 Å². The molecule has 1 unspecified atom stereocenters. The number of aromatic hydroxyl groups is 1. The molecule has 8 heteroatoms. The number of aromatic amines is 1. The number of carbonyl (C=O) groups is 1. The van der Waals surface area contributed by atoms with E-state index < -0.39 is 15.9 Å². The fourth-order valence-electron chi connectivity index (χ4n) is 4.05. The quantitative estimate of drug-likeness (QED) is 0.595. The van der Waals surface area contributed by atoms with Gasteiger partial charge in [-0.15, -0.1) is 0 Å². The Balaban J connectivity index is 1.64. The molecule has 1 fully saturated rings. The summed E-state index contributed by atoms with van der Waals surface area (Å²) in [6.45, 7) is 4.19. The summed E-state index contributed by atoms with van der Waals surface area (Å²) in [4.78, 5) is 15.1. The van der Waals surface area contributed by atoms with Gasteiger partial charge >= 0.3 is 0 Å². The van der Waals surface area contributed by atoms with Crippen LogP contribution in [0.15, 0.2) is 48.5 Å². The van der Waals surface area contributed by atoms with Crippen molar-refractivity contribution in [1.82, 2.24) is 15.1 Å². The zero-order valence-corrected chi connectivity index (χ0v) is 19.0. The van der Waals surface area contributed by atoms with Crippen LogP contribution in [0, 0.1) is 6.92 Å². The van der Waals surface area contributed by atoms with Crippen molar-refractivity contribution in [3.63, 3.8) is 0 Å². The lowest BCUT2D eigenvalue weighted by molar-refractivity contribution is 0.0675. The number of benzene rings is 2. The summed E-state index contributed by atoms with van der Waals surface area (Å²) in [5, 5.41) is 17.4. The van der Waals surface area contributed by atoms with Crippen LogP contribution in [0.3, 0.4) is 0 Å². The Hall–Kier alpha value is -3.13. The van der Waals surface area contributed by atoms with E-state index in [1.54, 1.807) is 30.0 Å². The van der Waals surface area contributed by atoms with Crippen molar-refractivity contribution >= 4 is 15.7 Å². The first-order chi connectivity index (χ1) is 15.3. The Kier molecular flexibility index (Phi) is 6.06. The molecule has 3 aromatic rings. The van der Waals surface area contributed by atoms with Crippen LogP contribution in [0.2, 0.25) is 0 Å². The molecule has 32 heavy (non-hydrogen) atoms. The molecule has 1 aliphatic heterocycles. The molecule has 0 saturated carbocycles. The van der Waals surface area contributed by atoms with Crippen molar-refractivity contribution in [2.45, 2.75) is 39.3 Å². The van der Waals surface area contributed by atoms with E-state index in [2.05, 4.69) is 17.1 Å². The minimum absolute atomic E-state index is 0.0363. The standard InChI is InChI=1S/C24H27N3O4S/c1-3-17-7-9-18(10-8-17)14-27(19-11-12-32(30,31)15-19)24(29)22-13-21(25-26-22)20-6-4-5-16(2)23(20)28/h4-10,13,19,28H,3,11-12,14-15H2,1-2H3,(H,25,26). The smallest absolute Gasteiger partial charge is 0.272 e. The fraction of sp³-hybridized carbons (Fsp3) is 0.333. The maximum atomic E-state index is 13.5. The highest BCUT2D eigenvalue weighted by atomic mass is 32.2. The van der Waals surface area contributed by atoms with Gasteiger partial charge in [0, 0.05) is 18.2 Å². The molecule has 0 aliphatic carbocycles. The van der Waals surface area contributed by atoms with Crippen LogP contribution in [-0.2, 0) is 22.8 Å². The number of phenolic OH excluding ortho intramolecular Hbond substituents is 1. The molecule has 4 rings (SSSR count). The van der Waals surface area contributed by atoms with Gasteiger partial charge in [0.2, 0.25) is 0 Å². The van der Waals surface area contributed by atoms with Crippen molar-refractivity contribution in [2.24, 2.45) is 0 Å². The van der Waals surface area contributed by atoms with Gasteiger partial charge in [0.05, 0.1) is 17.2 Å². The normalized spacial score (nSPS) is 17.4. The first kappa shape index (κ1) is 22.1. The molecule has 2 N–H and O–H groups in total. The van der Waals surface area contributed by atoms with Crippen molar-refractivity contribution < 1.29 is 18.3 Å². The SMILES string of the molecule is CCc1ccc(CN(C(=O)c2cc(-c3cccc(C)c3O)n[nH]2)C2CCS(=O)(=O)C2)cc1. The topological polar surface area (TPSA) is 103 Å². The van der Waals surface area contributed by atoms with Gasteiger partial charge in [-0.2, -0.15) is 5.10 Å². The Morgan fingerprint density at radius 2 is 1.91 bits per heavy atom. The van der Waals surface area contributed by atoms with Gasteiger partial charge < -0.3 is 10.0 Å². The van der Waals surface area contributed by atoms with E-state index in [9.17, 15) is 18.3 Å². The number of aryl methyl sites for hydroxylation is 2. The number of nitrogens with one attached hydrogen (secondary N) is 1. The number of amides is 1. The van der Waals surface area contributed by atoms with Crippen molar-refractivity contribution in [2.75, 3.05) is 11.5 Å². The summed E-state index contributed by atoms with van der Waals surface area (Å²) in [7, 11) is -3.16. The number of rotatable bonds is 6. The molecule has 1 aliphatic rings. The monoisotopic (exact) mass is 453 g/mol. The zero-order chi connectivity index (χ0) is 22.9. The van der Waals surface area contributed by atoms with E-state index >= 15 is 0 Å². The summed E-state index contributed by atoms with van der Waals surface area (Å²) in [6.07, 6.45) is 1.34. The van der Waals surface area contributed by atoms with E-state index in [4.69, 9.17) is 0 Å². The Morgan fingerprint density at radius 1 is 1.19 bits per heavy atom. The van der Waals surface area contributed by atoms with Crippen LogP contribution in [0.5, 0.6) is 5.75 Å². The van der Waals surface area contributed by atoms with Gasteiger partial charge in [0.15, 0.2) is 9.84 Å². The number of hydrogen-bond acceptors (Lipinski definition) is 5. The number of aromatic nitrogens is 2. The third-order valence-corrected chi connectivity index (χ3v) is 7.77. The van der Waals surface area contributed by atoms with Gasteiger partial charge in [-0.25, -0.2) is 8.42 Å². The van der Waals surface area contributed by atoms with Gasteiger partial charge in [-0.05, 0) is 48.6 Å². The number of H-pyrrole nitrogens is 1. The van der Waals surface area contributed by atoms with Gasteiger partial charge in [-0.3, -0.25) is 9.89 Å². The lowest BCUT2D eigenvalue weighted by atomic mass is 10.1. The third kappa shape index (κ3) is 4.55. The lowest BCUT2D eigenvalue weighted by Crippen LogP contribution is -2.40. The highest BCUT2D eigenvalue weighted by molar-refractivity contribution is 7.91. The third-order valence-electron chi connectivity index (χ3n) is 6.02. The van der Waals surface area contributed by atoms with Crippen LogP contribution in [0.4, 0.5) is 0 Å². The minimum Gasteiger partial charge on any atom is -0.507 e. The first-order valence-electron chi connectivity index (χ1n) is 10.7. The largest absolute Gasteiger partial charge is 0.507 e. The molecular formula is C24H27N3O4S. The van der Waals surface area contributed by atoms with E-state index in [0.717, 1.165) is 12.0 Å². The molecular weight excluding hydrogens is 426 g/mol. The second kappa shape index (κ2) is 8.78. The number of sulfone groups is 1. The Morgan fingerprint density at radius 3 is 2.56 bits per heavy atom. The van der Waals surface area contributed by atoms with E-state index in [1.165, 1.54) is 5.56 Å². The minimum atomic E-state index is -3.16.